The number of carbonyl (C=O) groups excluding carboxylic acids is 1. The van der Waals surface area contributed by atoms with Gasteiger partial charge in [0, 0.05) is 19.5 Å². The van der Waals surface area contributed by atoms with Gasteiger partial charge in [-0.3, -0.25) is 9.48 Å². The maximum Gasteiger partial charge on any atom is 0.269 e. The largest absolute Gasteiger partial charge is 0.466 e. The van der Waals surface area contributed by atoms with E-state index in [1.165, 1.54) is 0 Å². The van der Waals surface area contributed by atoms with E-state index in [9.17, 15) is 4.79 Å². The average Bonchev–Trinajstić information content (AvgIpc) is 3.04. The Morgan fingerprint density at radius 1 is 1.41 bits per heavy atom. The number of amides is 1. The van der Waals surface area contributed by atoms with E-state index in [-0.39, 0.29) is 5.91 Å². The Balaban J connectivity index is 1.94. The fourth-order valence-corrected chi connectivity index (χ4v) is 2.42. The summed E-state index contributed by atoms with van der Waals surface area (Å²) in [5.41, 5.74) is 1.61. The van der Waals surface area contributed by atoms with Crippen molar-refractivity contribution in [3.63, 3.8) is 0 Å². The summed E-state index contributed by atoms with van der Waals surface area (Å²) in [5.74, 6) is 2.23. The van der Waals surface area contributed by atoms with Crippen LogP contribution in [-0.2, 0) is 19.4 Å². The maximum absolute atomic E-state index is 12.3. The van der Waals surface area contributed by atoms with Gasteiger partial charge in [0.15, 0.2) is 0 Å². The van der Waals surface area contributed by atoms with Crippen molar-refractivity contribution >= 4 is 5.91 Å². The lowest BCUT2D eigenvalue weighted by atomic mass is 10.1. The molecule has 0 aliphatic heterocycles. The molecular weight excluding hydrogens is 278 g/mol. The molecule has 2 aromatic rings. The smallest absolute Gasteiger partial charge is 0.269 e. The molecular formula is C17H25N3O2. The SMILES string of the molecule is CCn1nc(CC(C)C)cc1C(=O)NCCc1ccc(C)o1. The molecule has 0 fully saturated rings. The minimum atomic E-state index is -0.0763. The minimum absolute atomic E-state index is 0.0763. The molecule has 0 aliphatic rings. The van der Waals surface area contributed by atoms with E-state index in [2.05, 4.69) is 24.3 Å². The molecule has 2 rings (SSSR count). The zero-order valence-corrected chi connectivity index (χ0v) is 13.8. The van der Waals surface area contributed by atoms with Gasteiger partial charge in [-0.25, -0.2) is 0 Å². The van der Waals surface area contributed by atoms with E-state index in [4.69, 9.17) is 4.42 Å². The van der Waals surface area contributed by atoms with E-state index >= 15 is 0 Å². The quantitative estimate of drug-likeness (QED) is 0.855. The Morgan fingerprint density at radius 3 is 2.77 bits per heavy atom. The summed E-state index contributed by atoms with van der Waals surface area (Å²) in [7, 11) is 0. The lowest BCUT2D eigenvalue weighted by Gasteiger charge is -2.05. The van der Waals surface area contributed by atoms with Gasteiger partial charge in [0.25, 0.3) is 5.91 Å². The van der Waals surface area contributed by atoms with Crippen LogP contribution in [0.25, 0.3) is 0 Å². The molecule has 1 N–H and O–H groups in total. The summed E-state index contributed by atoms with van der Waals surface area (Å²) in [4.78, 5) is 12.3. The van der Waals surface area contributed by atoms with Gasteiger partial charge < -0.3 is 9.73 Å². The topological polar surface area (TPSA) is 60.1 Å². The number of furan rings is 1. The monoisotopic (exact) mass is 303 g/mol. The highest BCUT2D eigenvalue weighted by atomic mass is 16.3. The van der Waals surface area contributed by atoms with Crippen LogP contribution in [0.1, 0.15) is 48.5 Å². The van der Waals surface area contributed by atoms with Crippen LogP contribution in [0.3, 0.4) is 0 Å². The third kappa shape index (κ3) is 4.23. The van der Waals surface area contributed by atoms with Crippen molar-refractivity contribution in [1.82, 2.24) is 15.1 Å². The first kappa shape index (κ1) is 16.3. The molecule has 0 saturated heterocycles. The molecule has 0 aromatic carbocycles. The third-order valence-corrected chi connectivity index (χ3v) is 3.43. The van der Waals surface area contributed by atoms with Gasteiger partial charge in [0.1, 0.15) is 17.2 Å². The molecule has 0 unspecified atom stereocenters. The minimum Gasteiger partial charge on any atom is -0.466 e. The third-order valence-electron chi connectivity index (χ3n) is 3.43. The molecule has 0 atom stereocenters. The fraction of sp³-hybridized carbons (Fsp3) is 0.529. The first-order valence-corrected chi connectivity index (χ1v) is 7.89. The zero-order chi connectivity index (χ0) is 16.1. The molecule has 0 saturated carbocycles. The van der Waals surface area contributed by atoms with E-state index in [0.717, 1.165) is 23.6 Å². The number of rotatable bonds is 7. The average molecular weight is 303 g/mol. The van der Waals surface area contributed by atoms with Crippen molar-refractivity contribution < 1.29 is 9.21 Å². The molecule has 0 radical (unpaired) electrons. The summed E-state index contributed by atoms with van der Waals surface area (Å²) in [6.07, 6.45) is 1.58. The number of aryl methyl sites for hydroxylation is 2. The maximum atomic E-state index is 12.3. The Hall–Kier alpha value is -2.04. The molecule has 120 valence electrons. The molecule has 0 aliphatic carbocycles. The van der Waals surface area contributed by atoms with Crippen molar-refractivity contribution in [2.24, 2.45) is 5.92 Å². The lowest BCUT2D eigenvalue weighted by Crippen LogP contribution is -2.28. The number of aromatic nitrogens is 2. The summed E-state index contributed by atoms with van der Waals surface area (Å²) in [5, 5.41) is 7.44. The number of hydrogen-bond acceptors (Lipinski definition) is 3. The molecule has 5 nitrogen and oxygen atoms in total. The summed E-state index contributed by atoms with van der Waals surface area (Å²) >= 11 is 0. The van der Waals surface area contributed by atoms with Gasteiger partial charge in [-0.2, -0.15) is 5.10 Å². The number of nitrogens with one attached hydrogen (secondary N) is 1. The van der Waals surface area contributed by atoms with E-state index < -0.39 is 0 Å². The van der Waals surface area contributed by atoms with E-state index in [1.807, 2.05) is 32.0 Å². The van der Waals surface area contributed by atoms with Crippen LogP contribution in [0.15, 0.2) is 22.6 Å². The molecule has 0 spiro atoms. The van der Waals surface area contributed by atoms with Gasteiger partial charge in [0.2, 0.25) is 0 Å². The predicted octanol–water partition coefficient (Wildman–Crippen LogP) is 2.98. The van der Waals surface area contributed by atoms with Gasteiger partial charge >= 0.3 is 0 Å². The van der Waals surface area contributed by atoms with E-state index in [0.29, 0.717) is 31.1 Å². The van der Waals surface area contributed by atoms with Crippen LogP contribution in [0, 0.1) is 12.8 Å². The van der Waals surface area contributed by atoms with Gasteiger partial charge in [-0.15, -0.1) is 0 Å². The van der Waals surface area contributed by atoms with E-state index in [1.54, 1.807) is 4.68 Å². The second kappa shape index (κ2) is 7.29. The van der Waals surface area contributed by atoms with Crippen LogP contribution in [-0.4, -0.2) is 22.2 Å². The zero-order valence-electron chi connectivity index (χ0n) is 13.8. The van der Waals surface area contributed by atoms with Crippen LogP contribution in [0.2, 0.25) is 0 Å². The first-order chi connectivity index (χ1) is 10.5. The summed E-state index contributed by atoms with van der Waals surface area (Å²) < 4.78 is 7.26. The van der Waals surface area contributed by atoms with Gasteiger partial charge in [-0.1, -0.05) is 13.8 Å². The second-order valence-corrected chi connectivity index (χ2v) is 5.95. The molecule has 2 heterocycles. The van der Waals surface area contributed by atoms with Crippen molar-refractivity contribution in [3.05, 3.63) is 41.1 Å². The first-order valence-electron chi connectivity index (χ1n) is 7.89. The van der Waals surface area contributed by atoms with Crippen molar-refractivity contribution in [3.8, 4) is 0 Å². The molecule has 5 heteroatoms. The van der Waals surface area contributed by atoms with Crippen LogP contribution >= 0.6 is 0 Å². The highest BCUT2D eigenvalue weighted by molar-refractivity contribution is 5.92. The van der Waals surface area contributed by atoms with Gasteiger partial charge in [0.05, 0.1) is 5.69 Å². The number of hydrogen-bond donors (Lipinski definition) is 1. The highest BCUT2D eigenvalue weighted by Crippen LogP contribution is 2.10. The molecule has 0 bridgehead atoms. The Bertz CT molecular complexity index is 626. The van der Waals surface area contributed by atoms with Crippen molar-refractivity contribution in [2.45, 2.75) is 47.1 Å². The molecule has 22 heavy (non-hydrogen) atoms. The standard InChI is InChI=1S/C17H25N3O2/c1-5-20-16(11-14(19-20)10-12(2)3)17(21)18-9-8-15-7-6-13(4)22-15/h6-7,11-12H,5,8-10H2,1-4H3,(H,18,21). The number of carbonyl (C=O) groups is 1. The number of nitrogens with zero attached hydrogens (tertiary/aromatic N) is 2. The molecule has 2 aromatic heterocycles. The Kier molecular flexibility index (Phi) is 5.41. The molecule has 1 amide bonds. The second-order valence-electron chi connectivity index (χ2n) is 5.95. The Morgan fingerprint density at radius 2 is 2.18 bits per heavy atom. The summed E-state index contributed by atoms with van der Waals surface area (Å²) in [6.45, 7) is 9.46. The van der Waals surface area contributed by atoms with Crippen LogP contribution in [0.4, 0.5) is 0 Å². The van der Waals surface area contributed by atoms with Crippen molar-refractivity contribution in [2.75, 3.05) is 6.54 Å². The highest BCUT2D eigenvalue weighted by Gasteiger charge is 2.15. The van der Waals surface area contributed by atoms with Crippen LogP contribution in [0.5, 0.6) is 0 Å². The normalized spacial score (nSPS) is 11.1. The Labute approximate surface area is 131 Å². The van der Waals surface area contributed by atoms with Gasteiger partial charge in [-0.05, 0) is 44.4 Å². The van der Waals surface area contributed by atoms with Crippen LogP contribution < -0.4 is 5.32 Å². The van der Waals surface area contributed by atoms with Crippen molar-refractivity contribution in [1.29, 1.82) is 0 Å². The summed E-state index contributed by atoms with van der Waals surface area (Å²) in [6, 6.07) is 5.77. The lowest BCUT2D eigenvalue weighted by molar-refractivity contribution is 0.0943. The fourth-order valence-electron chi connectivity index (χ4n) is 2.42. The predicted molar refractivity (Wildman–Crippen MR) is 85.9 cm³/mol.